The number of aryl methyl sites for hydroxylation is 1. The fourth-order valence-corrected chi connectivity index (χ4v) is 4.36. The van der Waals surface area contributed by atoms with Gasteiger partial charge in [0, 0.05) is 10.6 Å². The predicted octanol–water partition coefficient (Wildman–Crippen LogP) is 4.43. The molecule has 9 heteroatoms. The van der Waals surface area contributed by atoms with Crippen molar-refractivity contribution in [2.45, 2.75) is 13.5 Å². The summed E-state index contributed by atoms with van der Waals surface area (Å²) in [6.45, 7) is 2.72. The van der Waals surface area contributed by atoms with Crippen LogP contribution in [0.4, 0.5) is 5.69 Å². The summed E-state index contributed by atoms with van der Waals surface area (Å²) in [6.07, 6.45) is 1.12. The molecule has 0 bridgehead atoms. The Morgan fingerprint density at radius 3 is 2.38 bits per heavy atom. The number of para-hydroxylation sites is 1. The van der Waals surface area contributed by atoms with Crippen molar-refractivity contribution in [3.63, 3.8) is 0 Å². The van der Waals surface area contributed by atoms with E-state index in [9.17, 15) is 13.2 Å². The Morgan fingerprint density at radius 2 is 1.74 bits per heavy atom. The average Bonchev–Trinajstić information content (AvgIpc) is 2.81. The molecule has 7 nitrogen and oxygen atoms in total. The molecule has 1 N–H and O–H groups in total. The van der Waals surface area contributed by atoms with Crippen LogP contribution in [0.1, 0.15) is 21.5 Å². The molecule has 0 atom stereocenters. The van der Waals surface area contributed by atoms with Crippen LogP contribution in [-0.4, -0.2) is 40.8 Å². The minimum Gasteiger partial charge on any atom is -0.495 e. The molecule has 0 aliphatic heterocycles. The standard InChI is InChI=1S/C25H27ClN2O5S/c1-18-6-4-5-7-23(18)33-15-14-27-25(29)20-10-8-19(9-11-20)17-28(34(3,30)31)22-16-21(26)12-13-24(22)32-2/h4-13,16H,14-15,17H2,1-3H3,(H,27,29). The zero-order valence-corrected chi connectivity index (χ0v) is 20.8. The average molecular weight is 503 g/mol. The maximum absolute atomic E-state index is 12.5. The maximum Gasteiger partial charge on any atom is 0.251 e. The molecule has 180 valence electrons. The lowest BCUT2D eigenvalue weighted by molar-refractivity contribution is 0.0947. The molecule has 0 saturated heterocycles. The van der Waals surface area contributed by atoms with Crippen molar-refractivity contribution in [1.29, 1.82) is 0 Å². The Kier molecular flexibility index (Phi) is 8.41. The van der Waals surface area contributed by atoms with E-state index in [1.807, 2.05) is 31.2 Å². The summed E-state index contributed by atoms with van der Waals surface area (Å²) in [5, 5.41) is 3.21. The van der Waals surface area contributed by atoms with E-state index >= 15 is 0 Å². The van der Waals surface area contributed by atoms with Crippen molar-refractivity contribution >= 4 is 33.2 Å². The topological polar surface area (TPSA) is 84.9 Å². The lowest BCUT2D eigenvalue weighted by Crippen LogP contribution is -2.30. The summed E-state index contributed by atoms with van der Waals surface area (Å²) in [5.74, 6) is 0.933. The van der Waals surface area contributed by atoms with Gasteiger partial charge >= 0.3 is 0 Å². The van der Waals surface area contributed by atoms with Crippen molar-refractivity contribution in [2.24, 2.45) is 0 Å². The van der Waals surface area contributed by atoms with E-state index in [4.69, 9.17) is 21.1 Å². The Balaban J connectivity index is 1.64. The third-order valence-electron chi connectivity index (χ3n) is 5.09. The van der Waals surface area contributed by atoms with Crippen LogP contribution >= 0.6 is 11.6 Å². The zero-order valence-electron chi connectivity index (χ0n) is 19.2. The summed E-state index contributed by atoms with van der Waals surface area (Å²) < 4.78 is 37.3. The van der Waals surface area contributed by atoms with Gasteiger partial charge < -0.3 is 14.8 Å². The monoisotopic (exact) mass is 502 g/mol. The van der Waals surface area contributed by atoms with Crippen molar-refractivity contribution in [2.75, 3.05) is 30.8 Å². The minimum absolute atomic E-state index is 0.0572. The number of benzene rings is 3. The molecular formula is C25H27ClN2O5S. The third kappa shape index (κ3) is 6.65. The molecular weight excluding hydrogens is 476 g/mol. The van der Waals surface area contributed by atoms with Gasteiger partial charge in [-0.15, -0.1) is 0 Å². The van der Waals surface area contributed by atoms with Gasteiger partial charge in [-0.05, 0) is 54.4 Å². The highest BCUT2D eigenvalue weighted by Gasteiger charge is 2.22. The highest BCUT2D eigenvalue weighted by atomic mass is 35.5. The van der Waals surface area contributed by atoms with Gasteiger partial charge in [0.2, 0.25) is 10.0 Å². The molecule has 1 amide bonds. The molecule has 34 heavy (non-hydrogen) atoms. The number of carbonyl (C=O) groups excluding carboxylic acids is 1. The van der Waals surface area contributed by atoms with Crippen LogP contribution in [0.3, 0.4) is 0 Å². The first kappa shape index (κ1) is 25.4. The highest BCUT2D eigenvalue weighted by molar-refractivity contribution is 7.92. The number of amides is 1. The number of halogens is 1. The molecule has 0 radical (unpaired) electrons. The summed E-state index contributed by atoms with van der Waals surface area (Å²) >= 11 is 6.09. The van der Waals surface area contributed by atoms with E-state index in [1.165, 1.54) is 11.4 Å². The van der Waals surface area contributed by atoms with E-state index in [0.717, 1.165) is 17.6 Å². The summed E-state index contributed by atoms with van der Waals surface area (Å²) in [5.41, 5.74) is 2.54. The number of carbonyl (C=O) groups is 1. The van der Waals surface area contributed by atoms with Crippen LogP contribution in [0.25, 0.3) is 0 Å². The first-order valence-electron chi connectivity index (χ1n) is 10.6. The Morgan fingerprint density at radius 1 is 1.03 bits per heavy atom. The van der Waals surface area contributed by atoms with Crippen LogP contribution in [0, 0.1) is 6.92 Å². The Hall–Kier alpha value is -3.23. The van der Waals surface area contributed by atoms with Gasteiger partial charge in [-0.2, -0.15) is 0 Å². The van der Waals surface area contributed by atoms with Gasteiger partial charge in [0.1, 0.15) is 18.1 Å². The van der Waals surface area contributed by atoms with E-state index in [1.54, 1.807) is 42.5 Å². The second-order valence-corrected chi connectivity index (χ2v) is 10.00. The number of hydrogen-bond acceptors (Lipinski definition) is 5. The smallest absolute Gasteiger partial charge is 0.251 e. The largest absolute Gasteiger partial charge is 0.495 e. The Labute approximate surface area is 205 Å². The second kappa shape index (κ2) is 11.3. The quantitative estimate of drug-likeness (QED) is 0.414. The van der Waals surface area contributed by atoms with Crippen LogP contribution in [0.15, 0.2) is 66.7 Å². The molecule has 3 rings (SSSR count). The van der Waals surface area contributed by atoms with Crippen LogP contribution in [-0.2, 0) is 16.6 Å². The first-order valence-corrected chi connectivity index (χ1v) is 12.8. The zero-order chi connectivity index (χ0) is 24.7. The third-order valence-corrected chi connectivity index (χ3v) is 6.45. The summed E-state index contributed by atoms with van der Waals surface area (Å²) in [6, 6.07) is 19.2. The van der Waals surface area contributed by atoms with Gasteiger partial charge in [0.05, 0.1) is 32.1 Å². The van der Waals surface area contributed by atoms with Crippen molar-refractivity contribution in [3.8, 4) is 11.5 Å². The predicted molar refractivity (Wildman–Crippen MR) is 134 cm³/mol. The normalized spacial score (nSPS) is 11.1. The van der Waals surface area contributed by atoms with E-state index in [0.29, 0.717) is 40.7 Å². The fourth-order valence-electron chi connectivity index (χ4n) is 3.31. The van der Waals surface area contributed by atoms with Crippen molar-refractivity contribution in [3.05, 3.63) is 88.4 Å². The van der Waals surface area contributed by atoms with E-state index in [2.05, 4.69) is 5.32 Å². The number of nitrogens with zero attached hydrogens (tertiary/aromatic N) is 1. The molecule has 0 fully saturated rings. The molecule has 0 spiro atoms. The lowest BCUT2D eigenvalue weighted by atomic mass is 10.1. The van der Waals surface area contributed by atoms with Crippen LogP contribution < -0.4 is 19.1 Å². The number of methoxy groups -OCH3 is 1. The summed E-state index contributed by atoms with van der Waals surface area (Å²) in [4.78, 5) is 12.5. The first-order chi connectivity index (χ1) is 16.2. The minimum atomic E-state index is -3.63. The van der Waals surface area contributed by atoms with Gasteiger partial charge in [0.15, 0.2) is 0 Å². The Bertz CT molecular complexity index is 1250. The van der Waals surface area contributed by atoms with Gasteiger partial charge in [0.25, 0.3) is 5.91 Å². The van der Waals surface area contributed by atoms with Crippen molar-refractivity contribution < 1.29 is 22.7 Å². The SMILES string of the molecule is COc1ccc(Cl)cc1N(Cc1ccc(C(=O)NCCOc2ccccc2C)cc1)S(C)(=O)=O. The molecule has 3 aromatic rings. The number of rotatable bonds is 10. The number of sulfonamides is 1. The highest BCUT2D eigenvalue weighted by Crippen LogP contribution is 2.33. The van der Waals surface area contributed by atoms with E-state index < -0.39 is 10.0 Å². The molecule has 3 aromatic carbocycles. The van der Waals surface area contributed by atoms with Gasteiger partial charge in [-0.25, -0.2) is 8.42 Å². The number of nitrogens with one attached hydrogen (secondary N) is 1. The maximum atomic E-state index is 12.5. The molecule has 0 aliphatic carbocycles. The summed E-state index contributed by atoms with van der Waals surface area (Å²) in [7, 11) is -2.17. The molecule has 0 unspecified atom stereocenters. The molecule has 0 heterocycles. The van der Waals surface area contributed by atoms with Gasteiger partial charge in [-0.3, -0.25) is 9.10 Å². The fraction of sp³-hybridized carbons (Fsp3) is 0.240. The molecule has 0 aliphatic rings. The lowest BCUT2D eigenvalue weighted by Gasteiger charge is -2.24. The van der Waals surface area contributed by atoms with Crippen molar-refractivity contribution in [1.82, 2.24) is 5.32 Å². The number of ether oxygens (including phenoxy) is 2. The second-order valence-electron chi connectivity index (χ2n) is 7.65. The molecule has 0 saturated carbocycles. The molecule has 0 aromatic heterocycles. The van der Waals surface area contributed by atoms with Crippen LogP contribution in [0.2, 0.25) is 5.02 Å². The van der Waals surface area contributed by atoms with Crippen LogP contribution in [0.5, 0.6) is 11.5 Å². The van der Waals surface area contributed by atoms with Gasteiger partial charge in [-0.1, -0.05) is 41.9 Å². The number of hydrogen-bond donors (Lipinski definition) is 1. The number of anilines is 1. The van der Waals surface area contributed by atoms with E-state index in [-0.39, 0.29) is 12.5 Å².